The number of carbonyl (C=O) groups excluding carboxylic acids is 2. The summed E-state index contributed by atoms with van der Waals surface area (Å²) in [6, 6.07) is -1.64. The fourth-order valence-corrected chi connectivity index (χ4v) is 2.94. The summed E-state index contributed by atoms with van der Waals surface area (Å²) in [5.74, 6) is -3.98. The Balaban J connectivity index is 4.95. The number of nitrogens with zero attached hydrogens (tertiary/aromatic N) is 1. The third kappa shape index (κ3) is 11.4. The lowest BCUT2D eigenvalue weighted by molar-refractivity contribution is -0.160. The molecular weight excluding hydrogens is 350 g/mol. The zero-order chi connectivity index (χ0) is 20.7. The third-order valence-electron chi connectivity index (χ3n) is 4.49. The van der Waals surface area contributed by atoms with Gasteiger partial charge in [-0.1, -0.05) is 65.2 Å². The monoisotopic (exact) mass is 385 g/mol. The van der Waals surface area contributed by atoms with Gasteiger partial charge in [0, 0.05) is 12.8 Å². The Morgan fingerprint density at radius 2 is 1.11 bits per heavy atom. The molecule has 0 aromatic carbocycles. The highest BCUT2D eigenvalue weighted by atomic mass is 16.4. The molecule has 0 aliphatic carbocycles. The van der Waals surface area contributed by atoms with Crippen LogP contribution < -0.4 is 0 Å². The van der Waals surface area contributed by atoms with E-state index in [1.807, 2.05) is 0 Å². The molecule has 7 nitrogen and oxygen atoms in total. The van der Waals surface area contributed by atoms with Gasteiger partial charge in [-0.15, -0.1) is 0 Å². The average molecular weight is 386 g/mol. The predicted octanol–water partition coefficient (Wildman–Crippen LogP) is 3.99. The summed E-state index contributed by atoms with van der Waals surface area (Å²) in [4.78, 5) is 48.3. The molecule has 0 saturated heterocycles. The third-order valence-corrected chi connectivity index (χ3v) is 4.49. The van der Waals surface area contributed by atoms with Gasteiger partial charge < -0.3 is 10.2 Å². The number of hydrogen-bond donors (Lipinski definition) is 2. The normalized spacial score (nSPS) is 11.8. The molecule has 0 rings (SSSR count). The van der Waals surface area contributed by atoms with Crippen LogP contribution in [0.25, 0.3) is 0 Å². The van der Waals surface area contributed by atoms with E-state index in [0.717, 1.165) is 51.4 Å². The summed E-state index contributed by atoms with van der Waals surface area (Å²) in [6.45, 7) is 4.16. The highest BCUT2D eigenvalue weighted by Crippen LogP contribution is 2.15. The highest BCUT2D eigenvalue weighted by Gasteiger charge is 2.35. The minimum absolute atomic E-state index is 0.0642. The van der Waals surface area contributed by atoms with Gasteiger partial charge in [0.05, 0.1) is 6.42 Å². The van der Waals surface area contributed by atoms with Gasteiger partial charge in [-0.05, 0) is 12.8 Å². The zero-order valence-electron chi connectivity index (χ0n) is 16.7. The molecule has 2 amide bonds. The quantitative estimate of drug-likeness (QED) is 0.389. The SMILES string of the molecule is CCCCCCCC(=O)N(C(=O)CCCCCCC)[C@@H](CC(=O)O)C(=O)O. The van der Waals surface area contributed by atoms with E-state index in [1.54, 1.807) is 0 Å². The second-order valence-electron chi connectivity index (χ2n) is 6.94. The van der Waals surface area contributed by atoms with Gasteiger partial charge in [-0.3, -0.25) is 19.3 Å². The first-order valence-corrected chi connectivity index (χ1v) is 10.1. The molecule has 0 saturated carbocycles. The molecule has 27 heavy (non-hydrogen) atoms. The van der Waals surface area contributed by atoms with Crippen LogP contribution in [0.3, 0.4) is 0 Å². The predicted molar refractivity (Wildman–Crippen MR) is 102 cm³/mol. The Hall–Kier alpha value is -1.92. The number of amides is 2. The molecule has 1 atom stereocenters. The van der Waals surface area contributed by atoms with Crippen LogP contribution in [-0.2, 0) is 19.2 Å². The van der Waals surface area contributed by atoms with E-state index < -0.39 is 36.2 Å². The van der Waals surface area contributed by atoms with E-state index in [4.69, 9.17) is 5.11 Å². The molecule has 0 unspecified atom stereocenters. The van der Waals surface area contributed by atoms with Crippen LogP contribution in [0.4, 0.5) is 0 Å². The minimum Gasteiger partial charge on any atom is -0.481 e. The molecule has 156 valence electrons. The van der Waals surface area contributed by atoms with Crippen LogP contribution in [0.15, 0.2) is 0 Å². The number of rotatable bonds is 16. The number of unbranched alkanes of at least 4 members (excludes halogenated alkanes) is 8. The topological polar surface area (TPSA) is 112 Å². The maximum absolute atomic E-state index is 12.5. The molecule has 0 aromatic heterocycles. The fourth-order valence-electron chi connectivity index (χ4n) is 2.94. The first-order chi connectivity index (χ1) is 12.8. The van der Waals surface area contributed by atoms with Gasteiger partial charge in [0.15, 0.2) is 0 Å². The summed E-state index contributed by atoms with van der Waals surface area (Å²) < 4.78 is 0. The lowest BCUT2D eigenvalue weighted by Gasteiger charge is -2.26. The van der Waals surface area contributed by atoms with Crippen molar-refractivity contribution >= 4 is 23.8 Å². The molecule has 7 heteroatoms. The minimum atomic E-state index is -1.64. The molecule has 0 bridgehead atoms. The van der Waals surface area contributed by atoms with Gasteiger partial charge >= 0.3 is 11.9 Å². The van der Waals surface area contributed by atoms with Gasteiger partial charge in [0.2, 0.25) is 11.8 Å². The Bertz CT molecular complexity index is 451. The van der Waals surface area contributed by atoms with Gasteiger partial charge in [-0.2, -0.15) is 0 Å². The van der Waals surface area contributed by atoms with Gasteiger partial charge in [-0.25, -0.2) is 4.79 Å². The zero-order valence-corrected chi connectivity index (χ0v) is 16.7. The molecule has 0 heterocycles. The number of carboxylic acid groups (broad SMARTS) is 2. The molecule has 0 spiro atoms. The summed E-state index contributed by atoms with van der Waals surface area (Å²) in [7, 11) is 0. The van der Waals surface area contributed by atoms with Crippen molar-refractivity contribution < 1.29 is 29.4 Å². The van der Waals surface area contributed by atoms with E-state index >= 15 is 0 Å². The van der Waals surface area contributed by atoms with Crippen molar-refractivity contribution in [1.29, 1.82) is 0 Å². The van der Waals surface area contributed by atoms with Crippen molar-refractivity contribution in [3.05, 3.63) is 0 Å². The largest absolute Gasteiger partial charge is 0.481 e. The Labute approximate surface area is 162 Å². The number of carbonyl (C=O) groups is 4. The van der Waals surface area contributed by atoms with Crippen LogP contribution >= 0.6 is 0 Å². The summed E-state index contributed by atoms with van der Waals surface area (Å²) in [5, 5.41) is 18.3. The lowest BCUT2D eigenvalue weighted by Crippen LogP contribution is -2.49. The Morgan fingerprint density at radius 3 is 1.44 bits per heavy atom. The summed E-state index contributed by atoms with van der Waals surface area (Å²) in [5.41, 5.74) is 0. The van der Waals surface area contributed by atoms with Crippen LogP contribution in [0.1, 0.15) is 97.3 Å². The molecule has 0 aliphatic heterocycles. The van der Waals surface area contributed by atoms with E-state index in [-0.39, 0.29) is 12.8 Å². The molecule has 0 fully saturated rings. The van der Waals surface area contributed by atoms with E-state index in [0.29, 0.717) is 17.7 Å². The number of carboxylic acids is 2. The lowest BCUT2D eigenvalue weighted by atomic mass is 10.1. The molecule has 2 N–H and O–H groups in total. The fraction of sp³-hybridized carbons (Fsp3) is 0.800. The average Bonchev–Trinajstić information content (AvgIpc) is 2.60. The second kappa shape index (κ2) is 15.2. The van der Waals surface area contributed by atoms with E-state index in [1.165, 1.54) is 0 Å². The summed E-state index contributed by atoms with van der Waals surface area (Å²) in [6.07, 6.45) is 8.35. The first-order valence-electron chi connectivity index (χ1n) is 10.1. The Morgan fingerprint density at radius 1 is 0.704 bits per heavy atom. The van der Waals surface area contributed by atoms with Crippen molar-refractivity contribution in [3.63, 3.8) is 0 Å². The van der Waals surface area contributed by atoms with Crippen molar-refractivity contribution in [2.75, 3.05) is 0 Å². The van der Waals surface area contributed by atoms with Crippen molar-refractivity contribution in [1.82, 2.24) is 4.90 Å². The van der Waals surface area contributed by atoms with Gasteiger partial charge in [0.1, 0.15) is 6.04 Å². The molecule has 0 aromatic rings. The maximum Gasteiger partial charge on any atom is 0.327 e. The Kier molecular flexibility index (Phi) is 14.1. The first kappa shape index (κ1) is 25.1. The van der Waals surface area contributed by atoms with E-state index in [9.17, 15) is 24.3 Å². The van der Waals surface area contributed by atoms with Crippen molar-refractivity contribution in [2.24, 2.45) is 0 Å². The molecular formula is C20H35NO6. The van der Waals surface area contributed by atoms with Crippen LogP contribution in [-0.4, -0.2) is 44.9 Å². The van der Waals surface area contributed by atoms with Crippen molar-refractivity contribution in [3.8, 4) is 0 Å². The van der Waals surface area contributed by atoms with E-state index in [2.05, 4.69) is 13.8 Å². The van der Waals surface area contributed by atoms with Crippen LogP contribution in [0.2, 0.25) is 0 Å². The maximum atomic E-state index is 12.5. The van der Waals surface area contributed by atoms with Crippen molar-refractivity contribution in [2.45, 2.75) is 103 Å². The van der Waals surface area contributed by atoms with Crippen LogP contribution in [0, 0.1) is 0 Å². The standard InChI is InChI=1S/C20H35NO6/c1-3-5-7-9-11-13-17(22)21(16(20(26)27)15-19(24)25)18(23)14-12-10-8-6-4-2/h16H,3-15H2,1-2H3,(H,24,25)(H,26,27)/t16-/m0/s1. The molecule has 0 aliphatic rings. The summed E-state index contributed by atoms with van der Waals surface area (Å²) >= 11 is 0. The number of imide groups is 1. The number of hydrogen-bond acceptors (Lipinski definition) is 4. The number of aliphatic carboxylic acids is 2. The van der Waals surface area contributed by atoms with Crippen LogP contribution in [0.5, 0.6) is 0 Å². The molecule has 0 radical (unpaired) electrons. The highest BCUT2D eigenvalue weighted by molar-refractivity contribution is 6.00. The smallest absolute Gasteiger partial charge is 0.327 e. The van der Waals surface area contributed by atoms with Gasteiger partial charge in [0.25, 0.3) is 0 Å². The second-order valence-corrected chi connectivity index (χ2v) is 6.94.